The number of nitrogens with one attached hydrogen (secondary N) is 5. The fraction of sp³-hybridized carbons (Fsp3) is 0.684. The molecule has 2 heterocycles. The molecule has 5 amide bonds. The Morgan fingerprint density at radius 1 is 0.915 bits per heavy atom. The van der Waals surface area contributed by atoms with Crippen molar-refractivity contribution in [3.8, 4) is 0 Å². The molecule has 1 aromatic rings. The van der Waals surface area contributed by atoms with E-state index in [9.17, 15) is 24.3 Å². The second kappa shape index (κ2) is 32.0. The molecule has 9 atom stereocenters. The lowest BCUT2D eigenvalue weighted by Crippen LogP contribution is -2.57. The van der Waals surface area contributed by atoms with E-state index in [1.165, 1.54) is 61.8 Å². The van der Waals surface area contributed by atoms with E-state index in [1.54, 1.807) is 0 Å². The predicted molar refractivity (Wildman–Crippen MR) is 295 cm³/mol. The highest BCUT2D eigenvalue weighted by Gasteiger charge is 2.39. The van der Waals surface area contributed by atoms with Gasteiger partial charge in [0.15, 0.2) is 0 Å². The van der Waals surface area contributed by atoms with Crippen molar-refractivity contribution in [1.82, 2.24) is 35.8 Å². The summed E-state index contributed by atoms with van der Waals surface area (Å²) in [7, 11) is 0. The Hall–Kier alpha value is -4.27. The van der Waals surface area contributed by atoms with Crippen molar-refractivity contribution in [1.29, 1.82) is 0 Å². The second-order valence-corrected chi connectivity index (χ2v) is 22.4. The zero-order valence-electron chi connectivity index (χ0n) is 45.2. The lowest BCUT2D eigenvalue weighted by molar-refractivity contribution is -0.138. The SMILES string of the molecule is C=C(CCCCCCCCC(C)CC(C)CC)SNC1C[C@@H](C)CNC(=O)N(CCCC)C(=C)C([C@H](O)CC(N)=O)NC(=C)C(CCc2ccc(C)cc2)NC(=C)C2CCCN2C(=O)C(C(C)C)NC1=O. The monoisotopic (exact) mass is 1000 g/mol. The number of nitrogens with zero attached hydrogens (tertiary/aromatic N) is 2. The highest BCUT2D eigenvalue weighted by molar-refractivity contribution is 8.01. The number of aliphatic hydroxyl groups excluding tert-OH is 1. The molecule has 1 aromatic carbocycles. The third-order valence-electron chi connectivity index (χ3n) is 14.4. The Bertz CT molecular complexity index is 1870. The van der Waals surface area contributed by atoms with Crippen LogP contribution in [0, 0.1) is 30.6 Å². The normalized spacial score (nSPS) is 23.6. The van der Waals surface area contributed by atoms with Gasteiger partial charge in [0.25, 0.3) is 0 Å². The van der Waals surface area contributed by atoms with Gasteiger partial charge in [-0.1, -0.05) is 156 Å². The van der Waals surface area contributed by atoms with E-state index in [0.717, 1.165) is 60.0 Å². The minimum Gasteiger partial charge on any atom is -0.390 e. The minimum absolute atomic E-state index is 0.170. The summed E-state index contributed by atoms with van der Waals surface area (Å²) in [5, 5.41) is 24.9. The summed E-state index contributed by atoms with van der Waals surface area (Å²) in [6, 6.07) is 4.54. The molecule has 0 bridgehead atoms. The van der Waals surface area contributed by atoms with Gasteiger partial charge < -0.3 is 37.0 Å². The van der Waals surface area contributed by atoms with Gasteiger partial charge in [0.1, 0.15) is 6.04 Å². The predicted octanol–water partition coefficient (Wildman–Crippen LogP) is 9.92. The number of hydrogen-bond donors (Lipinski definition) is 7. The Labute approximate surface area is 434 Å². The fourth-order valence-corrected chi connectivity index (χ4v) is 10.5. The number of aryl methyl sites for hydroxylation is 2. The molecule has 2 aliphatic rings. The van der Waals surface area contributed by atoms with Crippen LogP contribution < -0.4 is 31.7 Å². The quantitative estimate of drug-likeness (QED) is 0.0371. The summed E-state index contributed by atoms with van der Waals surface area (Å²) < 4.78 is 3.42. The third-order valence-corrected chi connectivity index (χ3v) is 15.3. The topological polar surface area (TPSA) is 181 Å². The van der Waals surface area contributed by atoms with Crippen LogP contribution in [0.4, 0.5) is 4.79 Å². The highest BCUT2D eigenvalue weighted by atomic mass is 32.2. The number of benzene rings is 1. The number of unbranched alkanes of at least 4 members (excludes halogenated alkanes) is 6. The maximum Gasteiger partial charge on any atom is 0.321 e. The van der Waals surface area contributed by atoms with Gasteiger partial charge in [0.05, 0.1) is 36.7 Å². The van der Waals surface area contributed by atoms with Crippen molar-refractivity contribution in [2.75, 3.05) is 19.6 Å². The number of rotatable bonds is 25. The minimum atomic E-state index is -1.34. The molecule has 2 aliphatic heterocycles. The number of fused-ring (bicyclic) bond motifs is 1. The van der Waals surface area contributed by atoms with Crippen LogP contribution in [0.3, 0.4) is 0 Å². The Kier molecular flexibility index (Phi) is 27.5. The summed E-state index contributed by atoms with van der Waals surface area (Å²) in [6.45, 7) is 35.6. The van der Waals surface area contributed by atoms with Gasteiger partial charge in [-0.05, 0) is 111 Å². The number of amides is 5. The number of carbonyl (C=O) groups excluding carboxylic acids is 4. The molecule has 0 aliphatic carbocycles. The molecule has 7 unspecified atom stereocenters. The van der Waals surface area contributed by atoms with E-state index in [4.69, 9.17) is 5.73 Å². The molecule has 400 valence electrons. The van der Waals surface area contributed by atoms with Crippen molar-refractivity contribution in [3.63, 3.8) is 0 Å². The average Bonchev–Trinajstić information content (AvgIpc) is 3.82. The van der Waals surface area contributed by atoms with Crippen LogP contribution in [0.2, 0.25) is 0 Å². The molecule has 3 rings (SSSR count). The van der Waals surface area contributed by atoms with Crippen LogP contribution in [0.15, 0.2) is 72.6 Å². The average molecular weight is 1010 g/mol. The number of primary amides is 1. The Balaban J connectivity index is 1.90. The first-order valence-electron chi connectivity index (χ1n) is 27.1. The van der Waals surface area contributed by atoms with Gasteiger partial charge in [0.2, 0.25) is 17.7 Å². The first kappa shape index (κ1) is 61.0. The molecular formula is C57H96N8O5S. The number of urea groups is 1. The van der Waals surface area contributed by atoms with Crippen LogP contribution in [0.25, 0.3) is 0 Å². The molecule has 0 saturated carbocycles. The van der Waals surface area contributed by atoms with Crippen molar-refractivity contribution >= 4 is 35.7 Å². The van der Waals surface area contributed by atoms with E-state index in [1.807, 2.05) is 39.5 Å². The first-order chi connectivity index (χ1) is 33.7. The largest absolute Gasteiger partial charge is 0.390 e. The van der Waals surface area contributed by atoms with Gasteiger partial charge in [0, 0.05) is 36.7 Å². The molecule has 2 fully saturated rings. The Morgan fingerprint density at radius 3 is 2.24 bits per heavy atom. The maximum atomic E-state index is 14.7. The van der Waals surface area contributed by atoms with E-state index in [2.05, 4.69) is 97.3 Å². The fourth-order valence-electron chi connectivity index (χ4n) is 9.69. The smallest absolute Gasteiger partial charge is 0.321 e. The van der Waals surface area contributed by atoms with Crippen LogP contribution in [0.5, 0.6) is 0 Å². The summed E-state index contributed by atoms with van der Waals surface area (Å²) in [6.07, 6.45) is 14.6. The van der Waals surface area contributed by atoms with E-state index < -0.39 is 42.2 Å². The zero-order valence-corrected chi connectivity index (χ0v) is 46.0. The van der Waals surface area contributed by atoms with Gasteiger partial charge in [-0.25, -0.2) is 9.52 Å². The van der Waals surface area contributed by atoms with Gasteiger partial charge in [-0.15, -0.1) is 0 Å². The number of carbonyl (C=O) groups is 4. The molecule has 2 saturated heterocycles. The highest BCUT2D eigenvalue weighted by Crippen LogP contribution is 2.28. The summed E-state index contributed by atoms with van der Waals surface area (Å²) in [4.78, 5) is 60.1. The second-order valence-electron chi connectivity index (χ2n) is 21.4. The van der Waals surface area contributed by atoms with Gasteiger partial charge >= 0.3 is 6.03 Å². The summed E-state index contributed by atoms with van der Waals surface area (Å²) >= 11 is 1.38. The van der Waals surface area contributed by atoms with Crippen LogP contribution in [0.1, 0.15) is 169 Å². The number of hydrogen-bond acceptors (Lipinski definition) is 9. The molecule has 0 aromatic heterocycles. The molecule has 14 heteroatoms. The van der Waals surface area contributed by atoms with E-state index >= 15 is 0 Å². The van der Waals surface area contributed by atoms with Crippen LogP contribution >= 0.6 is 11.9 Å². The third kappa shape index (κ3) is 21.4. The first-order valence-corrected chi connectivity index (χ1v) is 27.9. The Morgan fingerprint density at radius 2 is 1.59 bits per heavy atom. The lowest BCUT2D eigenvalue weighted by atomic mass is 9.91. The van der Waals surface area contributed by atoms with Crippen molar-refractivity contribution < 1.29 is 24.3 Å². The van der Waals surface area contributed by atoms with Gasteiger partial charge in [-0.3, -0.25) is 19.3 Å². The van der Waals surface area contributed by atoms with Crippen LogP contribution in [-0.4, -0.2) is 94.6 Å². The standard InChI is InChI=1S/C57H96N8O5S/c1-13-15-32-64-46(12)54(51(66)36-52(58)67)61-44(10)48(31-30-47-28-26-40(6)27-29-47)60-45(11)50-25-22-33-65(50)56(69)53(38(3)4)62-55(68)49(35-42(8)37-59-57(64)70)63-71-43(9)24-21-19-17-16-18-20-23-41(7)34-39(5)14-2/h26-29,38-39,41-42,48-51,53-54,60-61,63,66H,9-25,30-37H2,1-8H3,(H2,58,67)(H,59,70)(H,62,68)/t39?,41?,42-,48?,49?,50?,51-,53?,54?/m1/s1. The van der Waals surface area contributed by atoms with Crippen molar-refractivity contribution in [2.24, 2.45) is 29.4 Å². The van der Waals surface area contributed by atoms with Crippen molar-refractivity contribution in [2.45, 2.75) is 207 Å². The molecule has 0 spiro atoms. The molecular weight excluding hydrogens is 909 g/mol. The molecule has 13 nitrogen and oxygen atoms in total. The zero-order chi connectivity index (χ0) is 52.6. The summed E-state index contributed by atoms with van der Waals surface area (Å²) in [5.41, 5.74) is 9.28. The van der Waals surface area contributed by atoms with E-state index in [0.29, 0.717) is 56.6 Å². The molecule has 8 N–H and O–H groups in total. The summed E-state index contributed by atoms with van der Waals surface area (Å²) in [5.74, 6) is 0.0322. The van der Waals surface area contributed by atoms with Crippen molar-refractivity contribution in [3.05, 3.63) is 83.7 Å². The lowest BCUT2D eigenvalue weighted by Gasteiger charge is -2.37. The van der Waals surface area contributed by atoms with E-state index in [-0.39, 0.29) is 48.4 Å². The van der Waals surface area contributed by atoms with Crippen LogP contribution in [-0.2, 0) is 20.8 Å². The van der Waals surface area contributed by atoms with Gasteiger partial charge in [-0.2, -0.15) is 0 Å². The number of nitrogens with two attached hydrogens (primary N) is 1. The maximum absolute atomic E-state index is 14.7. The molecule has 0 radical (unpaired) electrons. The number of allylic oxidation sites excluding steroid dienone is 1. The molecule has 71 heavy (non-hydrogen) atoms. The number of aliphatic hydroxyl groups is 1.